The molecular formula is C13H18FN3O2S. The van der Waals surface area contributed by atoms with Crippen LogP contribution in [0.5, 0.6) is 0 Å². The van der Waals surface area contributed by atoms with Crippen LogP contribution in [0.1, 0.15) is 18.4 Å². The number of halogens is 1. The topological polar surface area (TPSA) is 73.2 Å². The van der Waals surface area contributed by atoms with Gasteiger partial charge in [-0.05, 0) is 51.7 Å². The predicted octanol–water partition coefficient (Wildman–Crippen LogP) is 1.32. The van der Waals surface area contributed by atoms with Crippen molar-refractivity contribution >= 4 is 10.0 Å². The number of hydrogen-bond donors (Lipinski definition) is 1. The molecular weight excluding hydrogens is 281 g/mol. The summed E-state index contributed by atoms with van der Waals surface area (Å²) in [5.41, 5.74) is -0.277. The molecule has 110 valence electrons. The normalized spacial score (nSPS) is 11.6. The van der Waals surface area contributed by atoms with Crippen LogP contribution in [0.15, 0.2) is 23.1 Å². The van der Waals surface area contributed by atoms with E-state index in [1.165, 1.54) is 0 Å². The van der Waals surface area contributed by atoms with E-state index in [1.54, 1.807) is 6.07 Å². The number of unbranched alkanes of at least 4 members (excludes halogenated alkanes) is 1. The zero-order valence-corrected chi connectivity index (χ0v) is 12.4. The fourth-order valence-electron chi connectivity index (χ4n) is 1.60. The first-order chi connectivity index (χ1) is 9.36. The van der Waals surface area contributed by atoms with Crippen LogP contribution in [0.2, 0.25) is 0 Å². The van der Waals surface area contributed by atoms with E-state index in [0.717, 1.165) is 31.2 Å². The first-order valence-electron chi connectivity index (χ1n) is 6.21. The summed E-state index contributed by atoms with van der Waals surface area (Å²) in [5, 5.41) is 8.70. The van der Waals surface area contributed by atoms with Crippen LogP contribution in [0, 0.1) is 17.1 Å². The number of benzene rings is 1. The van der Waals surface area contributed by atoms with E-state index in [1.807, 2.05) is 19.0 Å². The van der Waals surface area contributed by atoms with E-state index >= 15 is 0 Å². The molecule has 0 heterocycles. The van der Waals surface area contributed by atoms with Crippen LogP contribution in [0.4, 0.5) is 4.39 Å². The second-order valence-corrected chi connectivity index (χ2v) is 6.43. The summed E-state index contributed by atoms with van der Waals surface area (Å²) in [7, 11) is 0.209. The zero-order chi connectivity index (χ0) is 15.2. The number of sulfonamides is 1. The van der Waals surface area contributed by atoms with Gasteiger partial charge in [0.15, 0.2) is 0 Å². The third kappa shape index (κ3) is 4.89. The minimum Gasteiger partial charge on any atom is -0.309 e. The van der Waals surface area contributed by atoms with Gasteiger partial charge in [-0.1, -0.05) is 0 Å². The van der Waals surface area contributed by atoms with E-state index in [9.17, 15) is 12.8 Å². The molecule has 0 aromatic heterocycles. The maximum absolute atomic E-state index is 13.1. The fraction of sp³-hybridized carbons (Fsp3) is 0.462. The Morgan fingerprint density at radius 1 is 1.35 bits per heavy atom. The van der Waals surface area contributed by atoms with Gasteiger partial charge in [-0.25, -0.2) is 17.5 Å². The van der Waals surface area contributed by atoms with Crippen molar-refractivity contribution in [1.82, 2.24) is 9.62 Å². The van der Waals surface area contributed by atoms with E-state index in [-0.39, 0.29) is 10.5 Å². The second-order valence-electron chi connectivity index (χ2n) is 4.66. The molecule has 0 radical (unpaired) electrons. The number of nitrogens with one attached hydrogen (secondary N) is 1. The molecule has 0 unspecified atom stereocenters. The highest BCUT2D eigenvalue weighted by Crippen LogP contribution is 2.14. The summed E-state index contributed by atoms with van der Waals surface area (Å²) in [6.45, 7) is 1.20. The van der Waals surface area contributed by atoms with E-state index in [2.05, 4.69) is 4.72 Å². The van der Waals surface area contributed by atoms with Gasteiger partial charge in [-0.3, -0.25) is 0 Å². The molecule has 0 amide bonds. The predicted molar refractivity (Wildman–Crippen MR) is 74.1 cm³/mol. The molecule has 0 atom stereocenters. The summed E-state index contributed by atoms with van der Waals surface area (Å²) in [5.74, 6) is -0.725. The van der Waals surface area contributed by atoms with Crippen molar-refractivity contribution in [2.75, 3.05) is 27.2 Å². The summed E-state index contributed by atoms with van der Waals surface area (Å²) in [4.78, 5) is 1.93. The Morgan fingerprint density at radius 3 is 2.65 bits per heavy atom. The van der Waals surface area contributed by atoms with Crippen molar-refractivity contribution in [3.05, 3.63) is 29.6 Å². The van der Waals surface area contributed by atoms with E-state index in [4.69, 9.17) is 5.26 Å². The summed E-state index contributed by atoms with van der Waals surface area (Å²) >= 11 is 0. The first kappa shape index (κ1) is 16.6. The van der Waals surface area contributed by atoms with Gasteiger partial charge in [0.1, 0.15) is 11.9 Å². The molecule has 1 aromatic carbocycles. The number of rotatable bonds is 7. The molecule has 1 rings (SSSR count). The molecule has 0 saturated carbocycles. The highest BCUT2D eigenvalue weighted by Gasteiger charge is 2.15. The molecule has 1 N–H and O–H groups in total. The fourth-order valence-corrected chi connectivity index (χ4v) is 2.70. The second kappa shape index (κ2) is 7.33. The molecule has 7 heteroatoms. The Labute approximate surface area is 119 Å². The first-order valence-corrected chi connectivity index (χ1v) is 7.69. The Kier molecular flexibility index (Phi) is 6.07. The largest absolute Gasteiger partial charge is 0.309 e. The van der Waals surface area contributed by atoms with Crippen LogP contribution in [-0.2, 0) is 10.0 Å². The van der Waals surface area contributed by atoms with Crippen molar-refractivity contribution in [2.45, 2.75) is 17.7 Å². The third-order valence-electron chi connectivity index (χ3n) is 2.69. The molecule has 0 aliphatic rings. The summed E-state index contributed by atoms with van der Waals surface area (Å²) in [6, 6.07) is 4.80. The van der Waals surface area contributed by atoms with Gasteiger partial charge in [-0.15, -0.1) is 0 Å². The van der Waals surface area contributed by atoms with Gasteiger partial charge in [-0.2, -0.15) is 5.26 Å². The average molecular weight is 299 g/mol. The van der Waals surface area contributed by atoms with Crippen molar-refractivity contribution in [2.24, 2.45) is 0 Å². The molecule has 20 heavy (non-hydrogen) atoms. The average Bonchev–Trinajstić information content (AvgIpc) is 2.38. The van der Waals surface area contributed by atoms with Crippen molar-refractivity contribution < 1.29 is 12.8 Å². The maximum atomic E-state index is 13.1. The molecule has 0 bridgehead atoms. The maximum Gasteiger partial charge on any atom is 0.240 e. The number of hydrogen-bond acceptors (Lipinski definition) is 4. The summed E-state index contributed by atoms with van der Waals surface area (Å²) < 4.78 is 39.5. The van der Waals surface area contributed by atoms with E-state index < -0.39 is 15.8 Å². The van der Waals surface area contributed by atoms with Gasteiger partial charge in [0, 0.05) is 6.54 Å². The number of nitriles is 1. The lowest BCUT2D eigenvalue weighted by Gasteiger charge is -2.10. The minimum atomic E-state index is -3.69. The molecule has 0 fully saturated rings. The highest BCUT2D eigenvalue weighted by molar-refractivity contribution is 7.89. The SMILES string of the molecule is CN(C)CCCCNS(=O)(=O)c1ccc(F)c(C#N)c1. The van der Waals surface area contributed by atoms with Gasteiger partial charge < -0.3 is 4.90 Å². The molecule has 0 aliphatic carbocycles. The molecule has 1 aromatic rings. The van der Waals surface area contributed by atoms with Gasteiger partial charge in [0.2, 0.25) is 10.0 Å². The van der Waals surface area contributed by atoms with Crippen LogP contribution in [-0.4, -0.2) is 40.5 Å². The van der Waals surface area contributed by atoms with Crippen LogP contribution >= 0.6 is 0 Å². The van der Waals surface area contributed by atoms with Crippen LogP contribution in [0.3, 0.4) is 0 Å². The molecule has 0 aliphatic heterocycles. The van der Waals surface area contributed by atoms with Crippen molar-refractivity contribution in [3.8, 4) is 6.07 Å². The monoisotopic (exact) mass is 299 g/mol. The Bertz CT molecular complexity index is 594. The quantitative estimate of drug-likeness (QED) is 0.771. The molecule has 5 nitrogen and oxygen atoms in total. The number of nitrogens with zero attached hydrogens (tertiary/aromatic N) is 2. The smallest absolute Gasteiger partial charge is 0.240 e. The van der Waals surface area contributed by atoms with Crippen molar-refractivity contribution in [1.29, 1.82) is 5.26 Å². The summed E-state index contributed by atoms with van der Waals surface area (Å²) in [6.07, 6.45) is 1.59. The van der Waals surface area contributed by atoms with Crippen LogP contribution < -0.4 is 4.72 Å². The molecule has 0 spiro atoms. The minimum absolute atomic E-state index is 0.0944. The lowest BCUT2D eigenvalue weighted by molar-refractivity contribution is 0.394. The van der Waals surface area contributed by atoms with Crippen LogP contribution in [0.25, 0.3) is 0 Å². The van der Waals surface area contributed by atoms with Gasteiger partial charge >= 0.3 is 0 Å². The zero-order valence-electron chi connectivity index (χ0n) is 11.6. The Morgan fingerprint density at radius 2 is 2.05 bits per heavy atom. The third-order valence-corrected chi connectivity index (χ3v) is 4.15. The Balaban J connectivity index is 2.63. The lowest BCUT2D eigenvalue weighted by atomic mass is 10.2. The van der Waals surface area contributed by atoms with Gasteiger partial charge in [0.25, 0.3) is 0 Å². The van der Waals surface area contributed by atoms with Crippen molar-refractivity contribution in [3.63, 3.8) is 0 Å². The van der Waals surface area contributed by atoms with E-state index in [0.29, 0.717) is 13.0 Å². The standard InChI is InChI=1S/C13H18FN3O2S/c1-17(2)8-4-3-7-16-20(18,19)12-5-6-13(14)11(9-12)10-15/h5-6,9,16H,3-4,7-8H2,1-2H3. The van der Waals surface area contributed by atoms with Gasteiger partial charge in [0.05, 0.1) is 10.5 Å². The lowest BCUT2D eigenvalue weighted by Crippen LogP contribution is -2.25. The molecule has 0 saturated heterocycles. The Hall–Kier alpha value is -1.49. The highest BCUT2D eigenvalue weighted by atomic mass is 32.2.